The Morgan fingerprint density at radius 1 is 1.14 bits per heavy atom. The highest BCUT2D eigenvalue weighted by Gasteiger charge is 2.19. The molecular weight excluding hydrogens is 376 g/mol. The molecule has 0 aliphatic rings. The molecule has 0 unspecified atom stereocenters. The highest BCUT2D eigenvalue weighted by molar-refractivity contribution is 7.06. The van der Waals surface area contributed by atoms with E-state index in [1.807, 2.05) is 6.07 Å². The van der Waals surface area contributed by atoms with E-state index in [1.165, 1.54) is 30.8 Å². The number of anilines is 2. The molecule has 8 nitrogen and oxygen atoms in total. The Morgan fingerprint density at radius 3 is 2.57 bits per heavy atom. The van der Waals surface area contributed by atoms with E-state index in [2.05, 4.69) is 25.0 Å². The van der Waals surface area contributed by atoms with Gasteiger partial charge in [0.05, 0.1) is 28.7 Å². The van der Waals surface area contributed by atoms with Gasteiger partial charge >= 0.3 is 0 Å². The maximum absolute atomic E-state index is 12.8. The number of rotatable bonds is 5. The fourth-order valence-corrected chi connectivity index (χ4v) is 3.39. The van der Waals surface area contributed by atoms with Crippen molar-refractivity contribution in [3.05, 3.63) is 64.1 Å². The monoisotopic (exact) mass is 392 g/mol. The maximum Gasteiger partial charge on any atom is 0.258 e. The van der Waals surface area contributed by atoms with Crippen LogP contribution >= 0.6 is 11.5 Å². The molecule has 28 heavy (non-hydrogen) atoms. The Hall–Kier alpha value is -3.64. The molecule has 0 fully saturated rings. The number of nitriles is 1. The predicted octanol–water partition coefficient (Wildman–Crippen LogP) is 2.91. The molecule has 0 bridgehead atoms. The average Bonchev–Trinajstić information content (AvgIpc) is 3.04. The second kappa shape index (κ2) is 8.37. The fourth-order valence-electron chi connectivity index (χ4n) is 2.50. The lowest BCUT2D eigenvalue weighted by atomic mass is 10.1. The molecule has 9 heteroatoms. The number of amides is 2. The van der Waals surface area contributed by atoms with Crippen LogP contribution in [0.25, 0.3) is 0 Å². The molecule has 2 amide bonds. The number of nitrogens with one attached hydrogen (secondary N) is 2. The molecule has 3 aromatic rings. The van der Waals surface area contributed by atoms with Gasteiger partial charge < -0.3 is 10.6 Å². The molecule has 3 rings (SSSR count). The third-order valence-corrected chi connectivity index (χ3v) is 4.72. The minimum Gasteiger partial charge on any atom is -0.320 e. The molecule has 3 heterocycles. The molecule has 0 saturated heterocycles. The van der Waals surface area contributed by atoms with Crippen LogP contribution in [-0.4, -0.2) is 26.2 Å². The van der Waals surface area contributed by atoms with Gasteiger partial charge in [0.1, 0.15) is 11.9 Å². The van der Waals surface area contributed by atoms with E-state index < -0.39 is 0 Å². The van der Waals surface area contributed by atoms with E-state index in [1.54, 1.807) is 31.2 Å². The van der Waals surface area contributed by atoms with E-state index in [0.29, 0.717) is 34.7 Å². The lowest BCUT2D eigenvalue weighted by Gasteiger charge is -2.08. The first-order chi connectivity index (χ1) is 13.5. The molecule has 140 valence electrons. The van der Waals surface area contributed by atoms with Gasteiger partial charge in [0, 0.05) is 30.1 Å². The van der Waals surface area contributed by atoms with Crippen molar-refractivity contribution in [1.82, 2.24) is 14.3 Å². The molecule has 0 radical (unpaired) electrons. The minimum absolute atomic E-state index is 0.217. The first-order valence-corrected chi connectivity index (χ1v) is 9.08. The van der Waals surface area contributed by atoms with Crippen molar-refractivity contribution in [3.8, 4) is 6.07 Å². The first kappa shape index (κ1) is 19.1. The Bertz CT molecular complexity index is 1050. The number of aromatic nitrogens is 3. The highest BCUT2D eigenvalue weighted by atomic mass is 32.1. The van der Waals surface area contributed by atoms with Gasteiger partial charge in [-0.25, -0.2) is 4.98 Å². The minimum atomic E-state index is -0.288. The van der Waals surface area contributed by atoms with E-state index in [0.717, 1.165) is 10.6 Å². The van der Waals surface area contributed by atoms with Gasteiger partial charge in [-0.15, -0.1) is 0 Å². The van der Waals surface area contributed by atoms with Gasteiger partial charge in [-0.3, -0.25) is 14.6 Å². The first-order valence-electron chi connectivity index (χ1n) is 8.31. The van der Waals surface area contributed by atoms with Gasteiger partial charge in [-0.2, -0.15) is 9.64 Å². The molecular formula is C19H16N6O2S. The third kappa shape index (κ3) is 4.55. The summed E-state index contributed by atoms with van der Waals surface area (Å²) in [4.78, 5) is 32.9. The second-order valence-electron chi connectivity index (χ2n) is 5.96. The Labute approximate surface area is 165 Å². The summed E-state index contributed by atoms with van der Waals surface area (Å²) in [7, 11) is 0. The number of carbonyl (C=O) groups excluding carboxylic acids is 2. The number of pyridine rings is 2. The fraction of sp³-hybridized carbons (Fsp3) is 0.158. The van der Waals surface area contributed by atoms with E-state index >= 15 is 0 Å². The third-order valence-electron chi connectivity index (χ3n) is 3.78. The second-order valence-corrected chi connectivity index (χ2v) is 6.82. The van der Waals surface area contributed by atoms with Crippen LogP contribution in [0.3, 0.4) is 0 Å². The van der Waals surface area contributed by atoms with Crippen LogP contribution in [0.4, 0.5) is 11.5 Å². The molecule has 3 aromatic heterocycles. The zero-order chi connectivity index (χ0) is 20.1. The van der Waals surface area contributed by atoms with Gasteiger partial charge in [0.2, 0.25) is 5.91 Å². The van der Waals surface area contributed by atoms with E-state index in [-0.39, 0.29) is 11.8 Å². The van der Waals surface area contributed by atoms with E-state index in [4.69, 9.17) is 5.26 Å². The van der Waals surface area contributed by atoms with Crippen molar-refractivity contribution in [2.45, 2.75) is 20.3 Å². The normalized spacial score (nSPS) is 10.2. The molecule has 0 saturated carbocycles. The molecule has 0 aliphatic heterocycles. The SMILES string of the molecule is CC(=O)Nc1ccc(NC(=O)c2c(C)nsc2Cc2ccc(C#N)cn2)cn1. The van der Waals surface area contributed by atoms with Gasteiger partial charge in [0.15, 0.2) is 0 Å². The standard InChI is InChI=1S/C19H16N6O2S/c1-11-18(16(28-25-11)7-14-4-3-13(8-20)9-21-14)19(27)24-15-5-6-17(22-10-15)23-12(2)26/h3-6,9-10H,7H2,1-2H3,(H,24,27)(H,22,23,26). The Balaban J connectivity index is 1.75. The van der Waals surface area contributed by atoms with Gasteiger partial charge in [-0.1, -0.05) is 0 Å². The lowest BCUT2D eigenvalue weighted by molar-refractivity contribution is -0.114. The van der Waals surface area contributed by atoms with Gasteiger partial charge in [0.25, 0.3) is 5.91 Å². The van der Waals surface area contributed by atoms with Crippen LogP contribution in [0.2, 0.25) is 0 Å². The summed E-state index contributed by atoms with van der Waals surface area (Å²) in [6.07, 6.45) is 3.42. The summed E-state index contributed by atoms with van der Waals surface area (Å²) in [6.45, 7) is 3.17. The summed E-state index contributed by atoms with van der Waals surface area (Å²) in [5.74, 6) is -0.0965. The highest BCUT2D eigenvalue weighted by Crippen LogP contribution is 2.23. The largest absolute Gasteiger partial charge is 0.320 e. The summed E-state index contributed by atoms with van der Waals surface area (Å²) in [5.41, 5.74) is 2.87. The summed E-state index contributed by atoms with van der Waals surface area (Å²) in [5, 5.41) is 14.2. The van der Waals surface area contributed by atoms with Crippen LogP contribution in [0.1, 0.15) is 39.1 Å². The van der Waals surface area contributed by atoms with Crippen molar-refractivity contribution < 1.29 is 9.59 Å². The molecule has 0 aromatic carbocycles. The lowest BCUT2D eigenvalue weighted by Crippen LogP contribution is -2.15. The predicted molar refractivity (Wildman–Crippen MR) is 105 cm³/mol. The van der Waals surface area contributed by atoms with Crippen LogP contribution in [0, 0.1) is 18.3 Å². The van der Waals surface area contributed by atoms with Crippen molar-refractivity contribution in [2.75, 3.05) is 10.6 Å². The van der Waals surface area contributed by atoms with Crippen LogP contribution in [0.15, 0.2) is 36.7 Å². The molecule has 0 spiro atoms. The average molecular weight is 392 g/mol. The molecule has 0 aliphatic carbocycles. The van der Waals surface area contributed by atoms with Crippen LogP contribution in [-0.2, 0) is 11.2 Å². The number of hydrogen-bond donors (Lipinski definition) is 2. The molecule has 0 atom stereocenters. The van der Waals surface area contributed by atoms with Crippen LogP contribution < -0.4 is 10.6 Å². The summed E-state index contributed by atoms with van der Waals surface area (Å²) < 4.78 is 4.29. The quantitative estimate of drug-likeness (QED) is 0.689. The Morgan fingerprint density at radius 2 is 1.96 bits per heavy atom. The smallest absolute Gasteiger partial charge is 0.258 e. The number of nitrogens with zero attached hydrogens (tertiary/aromatic N) is 4. The zero-order valence-corrected chi connectivity index (χ0v) is 16.0. The topological polar surface area (TPSA) is 121 Å². The number of aryl methyl sites for hydroxylation is 1. The Kier molecular flexibility index (Phi) is 5.72. The van der Waals surface area contributed by atoms with Gasteiger partial charge in [-0.05, 0) is 42.7 Å². The summed E-state index contributed by atoms with van der Waals surface area (Å²) in [6, 6.07) is 8.75. The zero-order valence-electron chi connectivity index (χ0n) is 15.2. The van der Waals surface area contributed by atoms with E-state index in [9.17, 15) is 9.59 Å². The van der Waals surface area contributed by atoms with Crippen molar-refractivity contribution in [2.24, 2.45) is 0 Å². The number of carbonyl (C=O) groups is 2. The van der Waals surface area contributed by atoms with Crippen LogP contribution in [0.5, 0.6) is 0 Å². The molecule has 2 N–H and O–H groups in total. The van der Waals surface area contributed by atoms with Crippen molar-refractivity contribution >= 4 is 34.9 Å². The van der Waals surface area contributed by atoms with Crippen molar-refractivity contribution in [1.29, 1.82) is 5.26 Å². The maximum atomic E-state index is 12.8. The number of hydrogen-bond acceptors (Lipinski definition) is 7. The summed E-state index contributed by atoms with van der Waals surface area (Å²) >= 11 is 1.25. The van der Waals surface area contributed by atoms with Crippen molar-refractivity contribution in [3.63, 3.8) is 0 Å².